The molecule has 0 aromatic heterocycles. The number of nitrogens with one attached hydrogen (secondary N) is 2. The van der Waals surface area contributed by atoms with Gasteiger partial charge in [0.05, 0.1) is 10.7 Å². The molecule has 3 atom stereocenters. The number of anilines is 1. The zero-order chi connectivity index (χ0) is 32.2. The van der Waals surface area contributed by atoms with Gasteiger partial charge in [-0.05, 0) is 63.3 Å². The Labute approximate surface area is 263 Å². The Hall–Kier alpha value is -3.50. The van der Waals surface area contributed by atoms with Crippen LogP contribution in [0, 0.1) is 25.2 Å². The number of nitrogens with zero attached hydrogens (tertiary/aromatic N) is 1. The van der Waals surface area contributed by atoms with E-state index in [2.05, 4.69) is 23.5 Å². The van der Waals surface area contributed by atoms with Crippen molar-refractivity contribution in [3.8, 4) is 12.3 Å². The third-order valence-corrected chi connectivity index (χ3v) is 7.69. The van der Waals surface area contributed by atoms with Crippen molar-refractivity contribution < 1.29 is 19.1 Å². The largest absolute Gasteiger partial charge is 0.444 e. The monoisotopic (exact) mass is 609 g/mol. The Morgan fingerprint density at radius 3 is 2.30 bits per heavy atom. The molecule has 0 aliphatic rings. The molecule has 0 radical (unpaired) electrons. The third kappa shape index (κ3) is 10.6. The lowest BCUT2D eigenvalue weighted by Gasteiger charge is -2.36. The van der Waals surface area contributed by atoms with Crippen LogP contribution in [0.2, 0.25) is 5.02 Å². The van der Waals surface area contributed by atoms with Gasteiger partial charge in [-0.15, -0.1) is 6.42 Å². The number of aryl methyl sites for hydroxylation is 1. The molecule has 3 unspecified atom stereocenters. The van der Waals surface area contributed by atoms with Crippen molar-refractivity contribution in [3.05, 3.63) is 64.2 Å². The number of carbonyl (C=O) groups excluding carboxylic acids is 3. The fourth-order valence-corrected chi connectivity index (χ4v) is 5.12. The molecule has 7 nitrogen and oxygen atoms in total. The summed E-state index contributed by atoms with van der Waals surface area (Å²) < 4.78 is 5.51. The summed E-state index contributed by atoms with van der Waals surface area (Å²) in [5.41, 5.74) is 1.54. The molecular formula is C35H48ClN3O4. The first-order valence-corrected chi connectivity index (χ1v) is 15.6. The van der Waals surface area contributed by atoms with Gasteiger partial charge in [0, 0.05) is 12.1 Å². The highest BCUT2D eigenvalue weighted by Crippen LogP contribution is 2.31. The minimum atomic E-state index is -1.08. The second-order valence-corrected chi connectivity index (χ2v) is 12.4. The number of ether oxygens (including phenoxy) is 1. The number of unbranched alkanes of at least 4 members (excludes halogenated alkanes) is 4. The quantitative estimate of drug-likeness (QED) is 0.168. The summed E-state index contributed by atoms with van der Waals surface area (Å²) >= 11 is 6.49. The number of benzene rings is 2. The van der Waals surface area contributed by atoms with Crippen molar-refractivity contribution in [1.82, 2.24) is 10.2 Å². The van der Waals surface area contributed by atoms with Crippen LogP contribution in [-0.2, 0) is 14.3 Å². The van der Waals surface area contributed by atoms with Crippen LogP contribution in [0.15, 0.2) is 42.5 Å². The molecule has 2 aromatic carbocycles. The van der Waals surface area contributed by atoms with Crippen LogP contribution >= 0.6 is 11.6 Å². The van der Waals surface area contributed by atoms with Gasteiger partial charge in [0.1, 0.15) is 17.7 Å². The summed E-state index contributed by atoms with van der Waals surface area (Å²) in [7, 11) is 0. The SMILES string of the molecule is C#Cc1ccccc1C(C(=O)Nc1c(C)cccc1Cl)N(CCCCCCC)C(=O)C(NC(=O)OC(C)(C)C)C(C)CC. The summed E-state index contributed by atoms with van der Waals surface area (Å²) in [5.74, 6) is 1.63. The van der Waals surface area contributed by atoms with E-state index in [9.17, 15) is 14.4 Å². The van der Waals surface area contributed by atoms with Crippen molar-refractivity contribution in [2.24, 2.45) is 5.92 Å². The molecule has 0 aliphatic carbocycles. The van der Waals surface area contributed by atoms with Crippen molar-refractivity contribution in [1.29, 1.82) is 0 Å². The Bertz CT molecular complexity index is 1260. The molecule has 0 fully saturated rings. The lowest BCUT2D eigenvalue weighted by atomic mass is 9.93. The molecule has 2 N–H and O–H groups in total. The molecule has 234 valence electrons. The molecule has 8 heteroatoms. The lowest BCUT2D eigenvalue weighted by Crippen LogP contribution is -2.55. The predicted octanol–water partition coefficient (Wildman–Crippen LogP) is 8.05. The highest BCUT2D eigenvalue weighted by molar-refractivity contribution is 6.34. The minimum Gasteiger partial charge on any atom is -0.444 e. The number of hydrogen-bond acceptors (Lipinski definition) is 4. The van der Waals surface area contributed by atoms with Crippen molar-refractivity contribution in [3.63, 3.8) is 0 Å². The molecular weight excluding hydrogens is 562 g/mol. The summed E-state index contributed by atoms with van der Waals surface area (Å²) in [6, 6.07) is 10.5. The number of hydrogen-bond donors (Lipinski definition) is 2. The van der Waals surface area contributed by atoms with Crippen LogP contribution in [0.1, 0.15) is 103 Å². The van der Waals surface area contributed by atoms with E-state index < -0.39 is 29.7 Å². The third-order valence-electron chi connectivity index (χ3n) is 7.38. The van der Waals surface area contributed by atoms with E-state index in [1.807, 2.05) is 32.9 Å². The van der Waals surface area contributed by atoms with Gasteiger partial charge in [-0.25, -0.2) is 4.79 Å². The molecule has 3 amide bonds. The van der Waals surface area contributed by atoms with E-state index in [1.165, 1.54) is 0 Å². The molecule has 0 aliphatic heterocycles. The molecule has 2 rings (SSSR count). The number of para-hydroxylation sites is 1. The highest BCUT2D eigenvalue weighted by atomic mass is 35.5. The number of rotatable bonds is 14. The van der Waals surface area contributed by atoms with E-state index in [-0.39, 0.29) is 11.8 Å². The topological polar surface area (TPSA) is 87.7 Å². The van der Waals surface area contributed by atoms with Gasteiger partial charge in [0.2, 0.25) is 5.91 Å². The summed E-state index contributed by atoms with van der Waals surface area (Å²) in [5, 5.41) is 6.18. The Kier molecular flexibility index (Phi) is 14.1. The minimum absolute atomic E-state index is 0.236. The normalized spacial score (nSPS) is 13.3. The fraction of sp³-hybridized carbons (Fsp3) is 0.514. The van der Waals surface area contributed by atoms with Gasteiger partial charge in [-0.1, -0.05) is 101 Å². The summed E-state index contributed by atoms with van der Waals surface area (Å²) in [4.78, 5) is 43.3. The van der Waals surface area contributed by atoms with Crippen molar-refractivity contribution in [2.45, 2.75) is 105 Å². The average molecular weight is 610 g/mol. The van der Waals surface area contributed by atoms with Crippen LogP contribution in [0.5, 0.6) is 0 Å². The molecule has 0 saturated heterocycles. The first kappa shape index (κ1) is 35.7. The smallest absolute Gasteiger partial charge is 0.408 e. The molecule has 0 saturated carbocycles. The van der Waals surface area contributed by atoms with Gasteiger partial charge in [0.25, 0.3) is 5.91 Å². The van der Waals surface area contributed by atoms with Crippen LogP contribution in [0.25, 0.3) is 0 Å². The first-order valence-electron chi connectivity index (χ1n) is 15.3. The Morgan fingerprint density at radius 2 is 1.70 bits per heavy atom. The van der Waals surface area contributed by atoms with Crippen LogP contribution < -0.4 is 10.6 Å². The van der Waals surface area contributed by atoms with Crippen LogP contribution in [0.4, 0.5) is 10.5 Å². The van der Waals surface area contributed by atoms with Gasteiger partial charge < -0.3 is 20.3 Å². The molecule has 0 spiro atoms. The predicted molar refractivity (Wildman–Crippen MR) is 175 cm³/mol. The molecule has 0 heterocycles. The van der Waals surface area contributed by atoms with Gasteiger partial charge >= 0.3 is 6.09 Å². The highest BCUT2D eigenvalue weighted by Gasteiger charge is 2.39. The number of amides is 3. The van der Waals surface area contributed by atoms with E-state index in [1.54, 1.807) is 56.0 Å². The van der Waals surface area contributed by atoms with Crippen LogP contribution in [-0.4, -0.2) is 41.0 Å². The molecule has 43 heavy (non-hydrogen) atoms. The van der Waals surface area contributed by atoms with E-state index in [0.717, 1.165) is 31.2 Å². The number of terminal acetylenes is 1. The standard InChI is InChI=1S/C35H48ClN3O4/c1-9-12-13-14-17-23-39(33(41)30(24(4)10-2)38-34(42)43-35(6,7)8)31(27-21-16-15-20-26(27)11-3)32(40)37-29-25(5)19-18-22-28(29)36/h3,15-16,18-22,24,30-31H,9-10,12-14,17,23H2,1-2,4-8H3,(H,37,40)(H,38,42). The number of alkyl carbamates (subject to hydrolysis) is 1. The summed E-state index contributed by atoms with van der Waals surface area (Å²) in [6.07, 6.45) is 10.6. The Balaban J connectivity index is 2.66. The average Bonchev–Trinajstić information content (AvgIpc) is 2.95. The maximum Gasteiger partial charge on any atom is 0.408 e. The molecule has 2 aromatic rings. The van der Waals surface area contributed by atoms with Gasteiger partial charge in [0.15, 0.2) is 0 Å². The number of halogens is 1. The number of carbonyl (C=O) groups is 3. The second-order valence-electron chi connectivity index (χ2n) is 12.0. The maximum atomic E-state index is 14.6. The van der Waals surface area contributed by atoms with Gasteiger partial charge in [-0.2, -0.15) is 0 Å². The maximum absolute atomic E-state index is 14.6. The van der Waals surface area contributed by atoms with E-state index in [4.69, 9.17) is 22.8 Å². The van der Waals surface area contributed by atoms with Crippen molar-refractivity contribution in [2.75, 3.05) is 11.9 Å². The van der Waals surface area contributed by atoms with E-state index in [0.29, 0.717) is 41.2 Å². The van der Waals surface area contributed by atoms with Crippen LogP contribution in [0.3, 0.4) is 0 Å². The summed E-state index contributed by atoms with van der Waals surface area (Å²) in [6.45, 7) is 13.4. The zero-order valence-electron chi connectivity index (χ0n) is 26.8. The second kappa shape index (κ2) is 17.0. The van der Waals surface area contributed by atoms with Gasteiger partial charge in [-0.3, -0.25) is 9.59 Å². The van der Waals surface area contributed by atoms with E-state index >= 15 is 0 Å². The molecule has 0 bridgehead atoms. The van der Waals surface area contributed by atoms with Crippen molar-refractivity contribution >= 4 is 35.2 Å². The Morgan fingerprint density at radius 1 is 1.02 bits per heavy atom. The zero-order valence-corrected chi connectivity index (χ0v) is 27.5. The first-order chi connectivity index (χ1) is 20.3. The fourth-order valence-electron chi connectivity index (χ4n) is 4.85. The lowest BCUT2D eigenvalue weighted by molar-refractivity contribution is -0.142.